The van der Waals surface area contributed by atoms with E-state index in [1.165, 1.54) is 28.6 Å². The minimum absolute atomic E-state index is 0.0808. The Morgan fingerprint density at radius 2 is 2.00 bits per heavy atom. The van der Waals surface area contributed by atoms with E-state index in [0.29, 0.717) is 25.1 Å². The highest BCUT2D eigenvalue weighted by atomic mass is 32.2. The molecule has 0 aliphatic carbocycles. The van der Waals surface area contributed by atoms with Crippen molar-refractivity contribution in [2.24, 2.45) is 11.7 Å². The average Bonchev–Trinajstić information content (AvgIpc) is 2.41. The second-order valence-corrected chi connectivity index (χ2v) is 7.33. The summed E-state index contributed by atoms with van der Waals surface area (Å²) in [4.78, 5) is 0. The number of nitrogens with zero attached hydrogens (tertiary/aromatic N) is 1. The van der Waals surface area contributed by atoms with Crippen molar-refractivity contribution in [2.45, 2.75) is 31.6 Å². The number of hydrogen-bond acceptors (Lipinski definition) is 3. The molecule has 6 heteroatoms. The van der Waals surface area contributed by atoms with Gasteiger partial charge in [0, 0.05) is 19.1 Å². The van der Waals surface area contributed by atoms with Crippen molar-refractivity contribution in [3.05, 3.63) is 35.6 Å². The molecular formula is C14H21FN2O2S. The van der Waals surface area contributed by atoms with Crippen LogP contribution in [0.25, 0.3) is 0 Å². The van der Waals surface area contributed by atoms with E-state index in [4.69, 9.17) is 5.73 Å². The zero-order valence-electron chi connectivity index (χ0n) is 11.6. The van der Waals surface area contributed by atoms with Crippen LogP contribution in [0, 0.1) is 11.7 Å². The zero-order valence-corrected chi connectivity index (χ0v) is 12.4. The summed E-state index contributed by atoms with van der Waals surface area (Å²) in [7, 11) is -3.36. The molecule has 0 spiro atoms. The SMILES string of the molecule is CCC1CN(S(=O)(=O)Cc2ccc(F)cc2)CCC1N. The van der Waals surface area contributed by atoms with Crippen LogP contribution in [-0.2, 0) is 15.8 Å². The summed E-state index contributed by atoms with van der Waals surface area (Å²) in [6.45, 7) is 2.99. The smallest absolute Gasteiger partial charge is 0.218 e. The number of rotatable bonds is 4. The van der Waals surface area contributed by atoms with Crippen LogP contribution >= 0.6 is 0 Å². The minimum Gasteiger partial charge on any atom is -0.327 e. The van der Waals surface area contributed by atoms with Gasteiger partial charge in [-0.25, -0.2) is 17.1 Å². The third kappa shape index (κ3) is 3.56. The highest BCUT2D eigenvalue weighted by Crippen LogP contribution is 2.22. The van der Waals surface area contributed by atoms with Crippen molar-refractivity contribution in [3.63, 3.8) is 0 Å². The Balaban J connectivity index is 2.08. The molecule has 0 amide bonds. The van der Waals surface area contributed by atoms with Crippen LogP contribution < -0.4 is 5.73 Å². The van der Waals surface area contributed by atoms with E-state index in [9.17, 15) is 12.8 Å². The average molecular weight is 300 g/mol. The molecule has 0 aromatic heterocycles. The van der Waals surface area contributed by atoms with Gasteiger partial charge < -0.3 is 5.73 Å². The van der Waals surface area contributed by atoms with Gasteiger partial charge >= 0.3 is 0 Å². The molecule has 1 aromatic carbocycles. The first kappa shape index (κ1) is 15.4. The van der Waals surface area contributed by atoms with Crippen molar-refractivity contribution in [2.75, 3.05) is 13.1 Å². The fraction of sp³-hybridized carbons (Fsp3) is 0.571. The zero-order chi connectivity index (χ0) is 14.8. The summed E-state index contributed by atoms with van der Waals surface area (Å²) >= 11 is 0. The third-order valence-electron chi connectivity index (χ3n) is 3.94. The molecule has 1 aromatic rings. The second kappa shape index (κ2) is 6.20. The van der Waals surface area contributed by atoms with Gasteiger partial charge in [0.15, 0.2) is 0 Å². The molecule has 0 radical (unpaired) electrons. The molecule has 2 rings (SSSR count). The Morgan fingerprint density at radius 3 is 2.60 bits per heavy atom. The minimum atomic E-state index is -3.36. The number of benzene rings is 1. The van der Waals surface area contributed by atoms with Gasteiger partial charge in [-0.15, -0.1) is 0 Å². The molecule has 2 atom stereocenters. The largest absolute Gasteiger partial charge is 0.327 e. The van der Waals surface area contributed by atoms with Gasteiger partial charge in [-0.2, -0.15) is 0 Å². The Kier molecular flexibility index (Phi) is 4.78. The number of hydrogen-bond donors (Lipinski definition) is 1. The fourth-order valence-corrected chi connectivity index (χ4v) is 4.18. The quantitative estimate of drug-likeness (QED) is 0.921. The van der Waals surface area contributed by atoms with E-state index >= 15 is 0 Å². The van der Waals surface area contributed by atoms with Crippen LogP contribution in [0.5, 0.6) is 0 Å². The molecule has 1 aliphatic rings. The predicted octanol–water partition coefficient (Wildman–Crippen LogP) is 1.71. The van der Waals surface area contributed by atoms with Crippen LogP contribution in [0.1, 0.15) is 25.3 Å². The lowest BCUT2D eigenvalue weighted by molar-refractivity contribution is 0.230. The highest BCUT2D eigenvalue weighted by Gasteiger charge is 2.32. The topological polar surface area (TPSA) is 63.4 Å². The van der Waals surface area contributed by atoms with E-state index in [0.717, 1.165) is 6.42 Å². The monoisotopic (exact) mass is 300 g/mol. The number of sulfonamides is 1. The summed E-state index contributed by atoms with van der Waals surface area (Å²) in [5.41, 5.74) is 6.61. The van der Waals surface area contributed by atoms with Crippen molar-refractivity contribution < 1.29 is 12.8 Å². The van der Waals surface area contributed by atoms with Gasteiger partial charge in [-0.1, -0.05) is 25.5 Å². The molecule has 112 valence electrons. The second-order valence-electron chi connectivity index (χ2n) is 5.36. The molecule has 0 saturated carbocycles. The first-order valence-electron chi connectivity index (χ1n) is 6.90. The van der Waals surface area contributed by atoms with Crippen molar-refractivity contribution in [3.8, 4) is 0 Å². The molecule has 2 N–H and O–H groups in total. The molecular weight excluding hydrogens is 279 g/mol. The Morgan fingerprint density at radius 1 is 1.35 bits per heavy atom. The van der Waals surface area contributed by atoms with E-state index in [1.807, 2.05) is 6.92 Å². The lowest BCUT2D eigenvalue weighted by Crippen LogP contribution is -2.49. The number of halogens is 1. The molecule has 20 heavy (non-hydrogen) atoms. The van der Waals surface area contributed by atoms with Gasteiger partial charge in [0.05, 0.1) is 5.75 Å². The summed E-state index contributed by atoms with van der Waals surface area (Å²) < 4.78 is 39.2. The van der Waals surface area contributed by atoms with Crippen LogP contribution in [0.3, 0.4) is 0 Å². The first-order chi connectivity index (χ1) is 9.42. The lowest BCUT2D eigenvalue weighted by Gasteiger charge is -2.35. The predicted molar refractivity (Wildman–Crippen MR) is 77.0 cm³/mol. The fourth-order valence-electron chi connectivity index (χ4n) is 2.58. The Labute approximate surface area is 119 Å². The molecule has 1 aliphatic heterocycles. The van der Waals surface area contributed by atoms with Crippen LogP contribution in [0.4, 0.5) is 4.39 Å². The van der Waals surface area contributed by atoms with Crippen LogP contribution in [0.2, 0.25) is 0 Å². The summed E-state index contributed by atoms with van der Waals surface area (Å²) in [5, 5.41) is 0. The van der Waals surface area contributed by atoms with Gasteiger partial charge in [0.1, 0.15) is 5.82 Å². The lowest BCUT2D eigenvalue weighted by atomic mass is 9.92. The normalized spacial score (nSPS) is 24.8. The van der Waals surface area contributed by atoms with Gasteiger partial charge in [-0.3, -0.25) is 0 Å². The number of piperidine rings is 1. The van der Waals surface area contributed by atoms with E-state index in [2.05, 4.69) is 0 Å². The molecule has 0 bridgehead atoms. The van der Waals surface area contributed by atoms with E-state index in [-0.39, 0.29) is 23.5 Å². The van der Waals surface area contributed by atoms with Gasteiger partial charge in [0.25, 0.3) is 0 Å². The van der Waals surface area contributed by atoms with E-state index in [1.54, 1.807) is 0 Å². The molecule has 1 heterocycles. The van der Waals surface area contributed by atoms with Crippen molar-refractivity contribution in [1.82, 2.24) is 4.31 Å². The van der Waals surface area contributed by atoms with Crippen molar-refractivity contribution in [1.29, 1.82) is 0 Å². The molecule has 4 nitrogen and oxygen atoms in total. The standard InChI is InChI=1S/C14H21FN2O2S/c1-2-12-9-17(8-7-14(12)16)20(18,19)10-11-3-5-13(15)6-4-11/h3-6,12,14H,2,7-10,16H2,1H3. The highest BCUT2D eigenvalue weighted by molar-refractivity contribution is 7.88. The summed E-state index contributed by atoms with van der Waals surface area (Å²) in [6.07, 6.45) is 1.57. The molecule has 1 saturated heterocycles. The third-order valence-corrected chi connectivity index (χ3v) is 5.75. The maximum absolute atomic E-state index is 12.8. The number of nitrogens with two attached hydrogens (primary N) is 1. The maximum Gasteiger partial charge on any atom is 0.218 e. The van der Waals surface area contributed by atoms with Crippen molar-refractivity contribution >= 4 is 10.0 Å². The van der Waals surface area contributed by atoms with E-state index < -0.39 is 10.0 Å². The molecule has 1 fully saturated rings. The van der Waals surface area contributed by atoms with Crippen LogP contribution in [0.15, 0.2) is 24.3 Å². The first-order valence-corrected chi connectivity index (χ1v) is 8.51. The maximum atomic E-state index is 12.8. The Bertz CT molecular complexity index is 545. The van der Waals surface area contributed by atoms with Crippen LogP contribution in [-0.4, -0.2) is 31.9 Å². The summed E-state index contributed by atoms with van der Waals surface area (Å²) in [5.74, 6) is -0.230. The molecule has 2 unspecified atom stereocenters. The van der Waals surface area contributed by atoms with Gasteiger partial charge in [0.2, 0.25) is 10.0 Å². The Hall–Kier alpha value is -0.980. The summed E-state index contributed by atoms with van der Waals surface area (Å²) in [6, 6.07) is 5.68. The van der Waals surface area contributed by atoms with Gasteiger partial charge in [-0.05, 0) is 30.0 Å².